The molecule has 0 amide bonds. The molecule has 0 fully saturated rings. The molecule has 0 aliphatic rings. The molecule has 2 aromatic heterocycles. The Morgan fingerprint density at radius 2 is 0.806 bits per heavy atom. The zero-order chi connectivity index (χ0) is 50.7. The van der Waals surface area contributed by atoms with Crippen LogP contribution in [0.2, 0.25) is 10.0 Å². The lowest BCUT2D eigenvalue weighted by Gasteiger charge is -2.27. The number of rotatable bonds is 7. The normalized spacial score (nSPS) is 9.79. The molecule has 358 valence electrons. The molecule has 0 N–H and O–H groups in total. The number of aromatic nitrogens is 4. The van der Waals surface area contributed by atoms with Crippen LogP contribution >= 0.6 is 23.2 Å². The summed E-state index contributed by atoms with van der Waals surface area (Å²) in [5, 5.41) is 1.47. The van der Waals surface area contributed by atoms with Crippen molar-refractivity contribution in [1.29, 1.82) is 0 Å². The SMILES string of the molecule is CC.CC.CC.CC.CC.CC.Cc1cccc(-c2ccc(-n3cc(C)nc3-c3ccccc3Cl)cc2)c1.Cc1cccc(-c2ccc(-n3cc(C)nc3C(C)(C)c3ccccc3Cl)cc2)c1. The highest BCUT2D eigenvalue weighted by molar-refractivity contribution is 6.33. The van der Waals surface area contributed by atoms with Gasteiger partial charge in [-0.3, -0.25) is 4.57 Å². The Morgan fingerprint density at radius 3 is 1.25 bits per heavy atom. The molecule has 0 aliphatic heterocycles. The van der Waals surface area contributed by atoms with Crippen molar-refractivity contribution in [2.45, 2.75) is 130 Å². The second-order valence-electron chi connectivity index (χ2n) is 14.6. The van der Waals surface area contributed by atoms with E-state index in [4.69, 9.17) is 28.2 Å². The van der Waals surface area contributed by atoms with Crippen LogP contribution < -0.4 is 0 Å². The van der Waals surface area contributed by atoms with Crippen LogP contribution in [0.1, 0.15) is 131 Å². The van der Waals surface area contributed by atoms with Gasteiger partial charge in [0.05, 0.1) is 16.4 Å². The molecule has 0 aliphatic carbocycles. The van der Waals surface area contributed by atoms with Crippen molar-refractivity contribution in [3.05, 3.63) is 202 Å². The van der Waals surface area contributed by atoms with Gasteiger partial charge in [-0.25, -0.2) is 9.97 Å². The predicted molar refractivity (Wildman–Crippen MR) is 299 cm³/mol. The smallest absolute Gasteiger partial charge is 0.146 e. The third kappa shape index (κ3) is 16.3. The number of imidazole rings is 2. The van der Waals surface area contributed by atoms with E-state index in [1.807, 2.05) is 146 Å². The van der Waals surface area contributed by atoms with E-state index in [9.17, 15) is 0 Å². The summed E-state index contributed by atoms with van der Waals surface area (Å²) in [5.41, 5.74) is 13.2. The molecule has 0 spiro atoms. The molecule has 4 nitrogen and oxygen atoms in total. The van der Waals surface area contributed by atoms with Crippen molar-refractivity contribution >= 4 is 23.2 Å². The van der Waals surface area contributed by atoms with Gasteiger partial charge in [-0.2, -0.15) is 0 Å². The van der Waals surface area contributed by atoms with Gasteiger partial charge in [0.1, 0.15) is 11.6 Å². The maximum absolute atomic E-state index is 6.53. The molecule has 0 saturated carbocycles. The first-order valence-electron chi connectivity index (χ1n) is 24.5. The highest BCUT2D eigenvalue weighted by atomic mass is 35.5. The third-order valence-electron chi connectivity index (χ3n) is 9.87. The zero-order valence-corrected chi connectivity index (χ0v) is 45.6. The first kappa shape index (κ1) is 59.3. The summed E-state index contributed by atoms with van der Waals surface area (Å²) >= 11 is 12.9. The molecule has 8 aromatic rings. The maximum atomic E-state index is 6.53. The van der Waals surface area contributed by atoms with Gasteiger partial charge in [0.15, 0.2) is 0 Å². The minimum atomic E-state index is -0.332. The molecular formula is C61H80Cl2N4. The van der Waals surface area contributed by atoms with Gasteiger partial charge in [-0.1, -0.05) is 221 Å². The Kier molecular flexibility index (Phi) is 27.7. The summed E-state index contributed by atoms with van der Waals surface area (Å²) in [5.74, 6) is 1.84. The lowest BCUT2D eigenvalue weighted by Crippen LogP contribution is -2.24. The topological polar surface area (TPSA) is 35.6 Å². The molecule has 0 unspecified atom stereocenters. The zero-order valence-electron chi connectivity index (χ0n) is 44.1. The Hall–Kier alpha value is -5.68. The van der Waals surface area contributed by atoms with E-state index in [0.717, 1.165) is 50.6 Å². The van der Waals surface area contributed by atoms with Crippen LogP contribution in [-0.2, 0) is 5.41 Å². The standard InChI is InChI=1S/C26H25ClN2.C23H19ClN2.6C2H6/c1-18-8-7-9-21(16-18)20-12-14-22(15-13-20)29-17-19(2)28-25(29)26(3,4)23-10-5-6-11-24(23)27;1-16-6-5-7-19(14-16)18-10-12-20(13-11-18)26-15-17(2)25-23(26)21-8-3-4-9-22(21)24;6*1-2/h5-17H,1-4H3;3-15H,1-2H3;6*1-2H3. The van der Waals surface area contributed by atoms with E-state index in [1.165, 1.54) is 33.4 Å². The minimum absolute atomic E-state index is 0.332. The average Bonchev–Trinajstić information content (AvgIpc) is 3.98. The molecule has 2 heterocycles. The van der Waals surface area contributed by atoms with Gasteiger partial charge in [-0.05, 0) is 112 Å². The molecule has 6 aromatic carbocycles. The monoisotopic (exact) mass is 939 g/mol. The van der Waals surface area contributed by atoms with Crippen LogP contribution in [0.15, 0.2) is 158 Å². The molecule has 0 atom stereocenters. The molecule has 8 rings (SSSR count). The fraction of sp³-hybridized carbons (Fsp3) is 0.311. The summed E-state index contributed by atoms with van der Waals surface area (Å²) in [6, 6.07) is 50.1. The summed E-state index contributed by atoms with van der Waals surface area (Å²) < 4.78 is 4.27. The highest BCUT2D eigenvalue weighted by Crippen LogP contribution is 2.37. The van der Waals surface area contributed by atoms with Crippen LogP contribution in [0.3, 0.4) is 0 Å². The quantitative estimate of drug-likeness (QED) is 0.160. The third-order valence-corrected chi connectivity index (χ3v) is 10.5. The Morgan fingerprint density at radius 1 is 0.403 bits per heavy atom. The highest BCUT2D eigenvalue weighted by Gasteiger charge is 2.31. The Bertz CT molecular complexity index is 2580. The number of nitrogens with zero attached hydrogens (tertiary/aromatic N) is 4. The predicted octanol–water partition coefficient (Wildman–Crippen LogP) is 19.8. The first-order chi connectivity index (χ1) is 32.5. The number of hydrogen-bond donors (Lipinski definition) is 0. The lowest BCUT2D eigenvalue weighted by molar-refractivity contribution is 0.579. The summed E-state index contributed by atoms with van der Waals surface area (Å²) in [6.45, 7) is 36.6. The van der Waals surface area contributed by atoms with Crippen molar-refractivity contribution in [2.24, 2.45) is 0 Å². The van der Waals surface area contributed by atoms with Crippen LogP contribution in [0.5, 0.6) is 0 Å². The fourth-order valence-electron chi connectivity index (χ4n) is 7.03. The van der Waals surface area contributed by atoms with E-state index in [-0.39, 0.29) is 5.41 Å². The first-order valence-corrected chi connectivity index (χ1v) is 25.2. The van der Waals surface area contributed by atoms with E-state index in [0.29, 0.717) is 5.02 Å². The van der Waals surface area contributed by atoms with Gasteiger partial charge in [0.2, 0.25) is 0 Å². The van der Waals surface area contributed by atoms with E-state index in [2.05, 4.69) is 151 Å². The van der Waals surface area contributed by atoms with Crippen LogP contribution in [0.25, 0.3) is 45.0 Å². The van der Waals surface area contributed by atoms with Gasteiger partial charge < -0.3 is 4.57 Å². The summed E-state index contributed by atoms with van der Waals surface area (Å²) in [6.07, 6.45) is 4.13. The van der Waals surface area contributed by atoms with Crippen molar-refractivity contribution in [2.75, 3.05) is 0 Å². The number of benzene rings is 6. The lowest BCUT2D eigenvalue weighted by atomic mass is 9.83. The minimum Gasteiger partial charge on any atom is -0.303 e. The fourth-order valence-corrected chi connectivity index (χ4v) is 7.62. The summed E-state index contributed by atoms with van der Waals surface area (Å²) in [4.78, 5) is 9.56. The summed E-state index contributed by atoms with van der Waals surface area (Å²) in [7, 11) is 0. The van der Waals surface area contributed by atoms with Crippen molar-refractivity contribution in [3.8, 4) is 45.0 Å². The van der Waals surface area contributed by atoms with Crippen molar-refractivity contribution < 1.29 is 0 Å². The number of hydrogen-bond acceptors (Lipinski definition) is 2. The van der Waals surface area contributed by atoms with Gasteiger partial charge >= 0.3 is 0 Å². The molecule has 0 saturated heterocycles. The molecule has 0 radical (unpaired) electrons. The Balaban J connectivity index is 0.000000550. The Labute approximate surface area is 417 Å². The van der Waals surface area contributed by atoms with Gasteiger partial charge in [-0.15, -0.1) is 0 Å². The van der Waals surface area contributed by atoms with E-state index < -0.39 is 0 Å². The molecule has 67 heavy (non-hydrogen) atoms. The van der Waals surface area contributed by atoms with Gasteiger partial charge in [0, 0.05) is 39.8 Å². The second-order valence-corrected chi connectivity index (χ2v) is 15.4. The number of halogens is 2. The average molecular weight is 940 g/mol. The van der Waals surface area contributed by atoms with Crippen LogP contribution in [0.4, 0.5) is 0 Å². The van der Waals surface area contributed by atoms with Crippen molar-refractivity contribution in [1.82, 2.24) is 19.1 Å². The maximum Gasteiger partial charge on any atom is 0.146 e. The molecule has 0 bridgehead atoms. The second kappa shape index (κ2) is 31.3. The van der Waals surface area contributed by atoms with E-state index in [1.54, 1.807) is 0 Å². The van der Waals surface area contributed by atoms with Crippen LogP contribution in [0, 0.1) is 27.7 Å². The van der Waals surface area contributed by atoms with Crippen LogP contribution in [-0.4, -0.2) is 19.1 Å². The van der Waals surface area contributed by atoms with Gasteiger partial charge in [0.25, 0.3) is 0 Å². The molecular weight excluding hydrogens is 860 g/mol. The largest absolute Gasteiger partial charge is 0.303 e. The number of aryl methyl sites for hydroxylation is 4. The van der Waals surface area contributed by atoms with E-state index >= 15 is 0 Å². The molecule has 6 heteroatoms. The van der Waals surface area contributed by atoms with Crippen molar-refractivity contribution in [3.63, 3.8) is 0 Å².